The van der Waals surface area contributed by atoms with Crippen LogP contribution in [0.1, 0.15) is 5.56 Å². The summed E-state index contributed by atoms with van der Waals surface area (Å²) in [7, 11) is 0. The number of nitrogens with one attached hydrogen (secondary N) is 1. The second-order valence-electron chi connectivity index (χ2n) is 3.72. The molecule has 0 saturated heterocycles. The zero-order valence-electron chi connectivity index (χ0n) is 9.18. The second kappa shape index (κ2) is 6.21. The minimum Gasteiger partial charge on any atom is -0.381 e. The largest absolute Gasteiger partial charge is 0.381 e. The molecule has 2 aromatic rings. The van der Waals surface area contributed by atoms with Crippen LogP contribution in [0.25, 0.3) is 0 Å². The lowest BCUT2D eigenvalue weighted by Gasteiger charge is -2.09. The molecule has 0 saturated carbocycles. The summed E-state index contributed by atoms with van der Waals surface area (Å²) < 4.78 is 15.7. The van der Waals surface area contributed by atoms with Gasteiger partial charge in [0.25, 0.3) is 0 Å². The monoisotopic (exact) mass is 439 g/mol. The lowest BCUT2D eigenvalue weighted by Crippen LogP contribution is -2.02. The predicted octanol–water partition coefficient (Wildman–Crippen LogP) is 5.46. The van der Waals surface area contributed by atoms with Crippen molar-refractivity contribution in [3.63, 3.8) is 0 Å². The molecule has 0 aromatic heterocycles. The summed E-state index contributed by atoms with van der Waals surface area (Å²) in [4.78, 5) is 0. The maximum absolute atomic E-state index is 13.5. The molecule has 0 unspecified atom stereocenters. The molecule has 0 amide bonds. The van der Waals surface area contributed by atoms with Crippen molar-refractivity contribution in [3.05, 3.63) is 60.8 Å². The lowest BCUT2D eigenvalue weighted by molar-refractivity contribution is 0.613. The van der Waals surface area contributed by atoms with Crippen LogP contribution in [0, 0.1) is 9.39 Å². The van der Waals surface area contributed by atoms with E-state index in [9.17, 15) is 4.39 Å². The molecule has 0 radical (unpaired) electrons. The van der Waals surface area contributed by atoms with Crippen molar-refractivity contribution in [2.24, 2.45) is 0 Å². The minimum atomic E-state index is -0.251. The fourth-order valence-electron chi connectivity index (χ4n) is 1.48. The number of benzene rings is 2. The van der Waals surface area contributed by atoms with Crippen LogP contribution in [0.4, 0.5) is 10.1 Å². The maximum atomic E-state index is 13.5. The SMILES string of the molecule is Fc1ccc(Cl)cc1CNc1ccc(Br)c(I)c1. The summed E-state index contributed by atoms with van der Waals surface area (Å²) in [5.41, 5.74) is 1.50. The van der Waals surface area contributed by atoms with Crippen LogP contribution in [0.15, 0.2) is 40.9 Å². The third kappa shape index (κ3) is 3.59. The predicted molar refractivity (Wildman–Crippen MR) is 85.6 cm³/mol. The Balaban J connectivity index is 2.11. The third-order valence-corrected chi connectivity index (χ3v) is 4.97. The molecule has 2 rings (SSSR count). The summed E-state index contributed by atoms with van der Waals surface area (Å²) in [5, 5.41) is 3.71. The van der Waals surface area contributed by atoms with E-state index >= 15 is 0 Å². The Morgan fingerprint density at radius 1 is 1.22 bits per heavy atom. The summed E-state index contributed by atoms with van der Waals surface area (Å²) in [5.74, 6) is -0.251. The summed E-state index contributed by atoms with van der Waals surface area (Å²) in [6.45, 7) is 0.407. The van der Waals surface area contributed by atoms with Gasteiger partial charge in [0.1, 0.15) is 5.82 Å². The Labute approximate surface area is 132 Å². The van der Waals surface area contributed by atoms with Crippen LogP contribution in [-0.4, -0.2) is 0 Å². The highest BCUT2D eigenvalue weighted by Gasteiger charge is 2.04. The van der Waals surface area contributed by atoms with Gasteiger partial charge in [-0.1, -0.05) is 11.6 Å². The van der Waals surface area contributed by atoms with Crippen LogP contribution in [0.2, 0.25) is 5.02 Å². The number of hydrogen-bond donors (Lipinski definition) is 1. The van der Waals surface area contributed by atoms with E-state index in [4.69, 9.17) is 11.6 Å². The third-order valence-electron chi connectivity index (χ3n) is 2.41. The Morgan fingerprint density at radius 2 is 2.00 bits per heavy atom. The molecule has 0 fully saturated rings. The van der Waals surface area contributed by atoms with Crippen molar-refractivity contribution in [1.29, 1.82) is 0 Å². The van der Waals surface area contributed by atoms with E-state index in [1.54, 1.807) is 12.1 Å². The first-order chi connectivity index (χ1) is 8.56. The smallest absolute Gasteiger partial charge is 0.128 e. The van der Waals surface area contributed by atoms with E-state index < -0.39 is 0 Å². The molecule has 1 N–H and O–H groups in total. The van der Waals surface area contributed by atoms with Gasteiger partial charge in [-0.05, 0) is 74.9 Å². The van der Waals surface area contributed by atoms with E-state index in [2.05, 4.69) is 43.8 Å². The quantitative estimate of drug-likeness (QED) is 0.625. The Bertz CT molecular complexity index is 577. The van der Waals surface area contributed by atoms with Gasteiger partial charge in [0.2, 0.25) is 0 Å². The van der Waals surface area contributed by atoms with Crippen LogP contribution in [0.5, 0.6) is 0 Å². The fourth-order valence-corrected chi connectivity index (χ4v) is 2.44. The zero-order valence-corrected chi connectivity index (χ0v) is 13.7. The van der Waals surface area contributed by atoms with Gasteiger partial charge in [0.15, 0.2) is 0 Å². The molecule has 0 aliphatic heterocycles. The first-order valence-corrected chi connectivity index (χ1v) is 7.44. The van der Waals surface area contributed by atoms with E-state index in [1.165, 1.54) is 6.07 Å². The van der Waals surface area contributed by atoms with Crippen molar-refractivity contribution < 1.29 is 4.39 Å². The highest BCUT2D eigenvalue weighted by molar-refractivity contribution is 14.1. The molecule has 2 aromatic carbocycles. The molecule has 94 valence electrons. The average Bonchev–Trinajstić information content (AvgIpc) is 2.34. The van der Waals surface area contributed by atoms with Gasteiger partial charge >= 0.3 is 0 Å². The molecular weight excluding hydrogens is 431 g/mol. The number of hydrogen-bond acceptors (Lipinski definition) is 1. The first-order valence-electron chi connectivity index (χ1n) is 5.19. The van der Waals surface area contributed by atoms with Crippen molar-refractivity contribution >= 4 is 55.8 Å². The van der Waals surface area contributed by atoms with E-state index in [0.29, 0.717) is 17.1 Å². The molecule has 0 aliphatic rings. The molecule has 0 heterocycles. The summed E-state index contributed by atoms with van der Waals surface area (Å²) in [6.07, 6.45) is 0. The van der Waals surface area contributed by atoms with Gasteiger partial charge in [-0.2, -0.15) is 0 Å². The molecule has 1 nitrogen and oxygen atoms in total. The van der Waals surface area contributed by atoms with Crippen LogP contribution in [-0.2, 0) is 6.54 Å². The number of rotatable bonds is 3. The van der Waals surface area contributed by atoms with E-state index in [0.717, 1.165) is 13.7 Å². The van der Waals surface area contributed by atoms with Gasteiger partial charge in [0, 0.05) is 30.9 Å². The van der Waals surface area contributed by atoms with Crippen LogP contribution in [0.3, 0.4) is 0 Å². The van der Waals surface area contributed by atoms with Crippen molar-refractivity contribution in [2.45, 2.75) is 6.54 Å². The molecule has 0 aliphatic carbocycles. The highest BCUT2D eigenvalue weighted by atomic mass is 127. The van der Waals surface area contributed by atoms with Gasteiger partial charge in [-0.3, -0.25) is 0 Å². The summed E-state index contributed by atoms with van der Waals surface area (Å²) >= 11 is 11.5. The Kier molecular flexibility index (Phi) is 4.86. The topological polar surface area (TPSA) is 12.0 Å². The average molecular weight is 440 g/mol. The fraction of sp³-hybridized carbons (Fsp3) is 0.0769. The second-order valence-corrected chi connectivity index (χ2v) is 6.17. The van der Waals surface area contributed by atoms with Gasteiger partial charge in [-0.15, -0.1) is 0 Å². The number of anilines is 1. The Hall–Kier alpha value is -0.330. The van der Waals surface area contributed by atoms with Crippen LogP contribution >= 0.6 is 50.1 Å². The maximum Gasteiger partial charge on any atom is 0.128 e. The minimum absolute atomic E-state index is 0.251. The molecular formula is C13H9BrClFIN. The normalized spacial score (nSPS) is 10.4. The highest BCUT2D eigenvalue weighted by Crippen LogP contribution is 2.23. The molecule has 0 atom stereocenters. The molecule has 5 heteroatoms. The molecule has 0 spiro atoms. The number of halogens is 4. The molecule has 0 bridgehead atoms. The van der Waals surface area contributed by atoms with Crippen molar-refractivity contribution in [3.8, 4) is 0 Å². The first kappa shape index (κ1) is 14.1. The standard InChI is InChI=1S/C13H9BrClFIN/c14-11-3-2-10(6-13(11)17)18-7-8-5-9(15)1-4-12(8)16/h1-6,18H,7H2. The van der Waals surface area contributed by atoms with Gasteiger partial charge in [-0.25, -0.2) is 4.39 Å². The van der Waals surface area contributed by atoms with Gasteiger partial charge < -0.3 is 5.32 Å². The van der Waals surface area contributed by atoms with Crippen molar-refractivity contribution in [2.75, 3.05) is 5.32 Å². The van der Waals surface area contributed by atoms with E-state index in [1.807, 2.05) is 18.2 Å². The van der Waals surface area contributed by atoms with Crippen LogP contribution < -0.4 is 5.32 Å². The van der Waals surface area contributed by atoms with Gasteiger partial charge in [0.05, 0.1) is 0 Å². The van der Waals surface area contributed by atoms with Crippen molar-refractivity contribution in [1.82, 2.24) is 0 Å². The molecule has 18 heavy (non-hydrogen) atoms. The Morgan fingerprint density at radius 3 is 2.72 bits per heavy atom. The van der Waals surface area contributed by atoms with E-state index in [-0.39, 0.29) is 5.82 Å². The summed E-state index contributed by atoms with van der Waals surface area (Å²) in [6, 6.07) is 10.4. The zero-order chi connectivity index (χ0) is 13.1. The lowest BCUT2D eigenvalue weighted by atomic mass is 10.2.